The van der Waals surface area contributed by atoms with Crippen molar-refractivity contribution in [1.82, 2.24) is 9.97 Å². The molecule has 4 rings (SSSR count). The molecule has 0 spiro atoms. The number of hydrogen-bond acceptors (Lipinski definition) is 9. The van der Waals surface area contributed by atoms with Crippen molar-refractivity contribution in [3.05, 3.63) is 81.2 Å². The summed E-state index contributed by atoms with van der Waals surface area (Å²) in [6.07, 6.45) is 0. The number of fused-ring (bicyclic) bond motifs is 1. The van der Waals surface area contributed by atoms with Gasteiger partial charge in [0.05, 0.1) is 21.2 Å². The first kappa shape index (κ1) is 23.8. The molecule has 0 amide bonds. The number of nitrogens with one attached hydrogen (secondary N) is 1. The lowest BCUT2D eigenvalue weighted by Gasteiger charge is -2.09. The van der Waals surface area contributed by atoms with Gasteiger partial charge in [-0.25, -0.2) is 23.1 Å². The quantitative estimate of drug-likeness (QED) is 0.311. The van der Waals surface area contributed by atoms with Crippen LogP contribution < -0.4 is 4.72 Å². The van der Waals surface area contributed by atoms with Crippen LogP contribution in [0.5, 0.6) is 0 Å². The molecule has 2 aromatic carbocycles. The number of ketones is 2. The highest BCUT2D eigenvalue weighted by atomic mass is 32.2. The maximum atomic E-state index is 12.9. The van der Waals surface area contributed by atoms with Gasteiger partial charge >= 0.3 is 0 Å². The highest BCUT2D eigenvalue weighted by Gasteiger charge is 2.43. The second-order valence-corrected chi connectivity index (χ2v) is 9.62. The van der Waals surface area contributed by atoms with Crippen molar-refractivity contribution in [3.63, 3.8) is 0 Å². The fourth-order valence-corrected chi connectivity index (χ4v) is 4.82. The third-order valence-electron chi connectivity index (χ3n) is 5.31. The molecule has 0 bridgehead atoms. The number of carbonyl (C=O) groups excluding carboxylic acids is 2. The molecule has 35 heavy (non-hydrogen) atoms. The number of nitrogens with zero attached hydrogens (tertiary/aromatic N) is 4. The van der Waals surface area contributed by atoms with Gasteiger partial charge in [-0.15, -0.1) is 0 Å². The standard InChI is InChI=1S/C23H19N5O6S/c1-12-11-13(2)25-23(24-12)27-35(33,34)16-9-7-15(8-10-16)26-21-17-5-4-6-18(28(31)32)20(17)22(30)19(21)14(3)29/h4-11,19H,1-3H3,(H,24,25,27)/t19-/m1/s1. The van der Waals surface area contributed by atoms with Crippen LogP contribution in [0.1, 0.15) is 34.2 Å². The summed E-state index contributed by atoms with van der Waals surface area (Å²) in [4.78, 5) is 48.3. The largest absolute Gasteiger partial charge is 0.299 e. The molecule has 0 radical (unpaired) electrons. The third-order valence-corrected chi connectivity index (χ3v) is 6.65. The van der Waals surface area contributed by atoms with Crippen molar-refractivity contribution in [2.75, 3.05) is 4.72 Å². The summed E-state index contributed by atoms with van der Waals surface area (Å²) >= 11 is 0. The maximum Gasteiger partial charge on any atom is 0.280 e. The topological polar surface area (TPSA) is 162 Å². The minimum atomic E-state index is -3.99. The first-order chi connectivity index (χ1) is 16.5. The maximum absolute atomic E-state index is 12.9. The second kappa shape index (κ2) is 8.80. The van der Waals surface area contributed by atoms with Gasteiger partial charge in [-0.2, -0.15) is 0 Å². The average Bonchev–Trinajstić information content (AvgIpc) is 3.05. The lowest BCUT2D eigenvalue weighted by Crippen LogP contribution is -2.23. The molecule has 3 aromatic rings. The van der Waals surface area contributed by atoms with Gasteiger partial charge < -0.3 is 0 Å². The van der Waals surface area contributed by atoms with Crippen LogP contribution in [0.3, 0.4) is 0 Å². The molecule has 1 N–H and O–H groups in total. The molecular weight excluding hydrogens is 474 g/mol. The lowest BCUT2D eigenvalue weighted by atomic mass is 9.99. The van der Waals surface area contributed by atoms with Crippen molar-refractivity contribution >= 4 is 44.6 Å². The van der Waals surface area contributed by atoms with Gasteiger partial charge in [-0.1, -0.05) is 12.1 Å². The number of sulfonamides is 1. The summed E-state index contributed by atoms with van der Waals surface area (Å²) in [7, 11) is -3.99. The zero-order chi connectivity index (χ0) is 25.5. The van der Waals surface area contributed by atoms with Gasteiger partial charge in [0.2, 0.25) is 5.95 Å². The van der Waals surface area contributed by atoms with E-state index >= 15 is 0 Å². The Bertz CT molecular complexity index is 1510. The van der Waals surface area contributed by atoms with E-state index in [1.165, 1.54) is 49.4 Å². The van der Waals surface area contributed by atoms with E-state index < -0.39 is 38.1 Å². The molecule has 1 heterocycles. The smallest absolute Gasteiger partial charge is 0.280 e. The number of anilines is 1. The summed E-state index contributed by atoms with van der Waals surface area (Å²) < 4.78 is 27.8. The van der Waals surface area contributed by atoms with Crippen molar-refractivity contribution in [2.45, 2.75) is 25.7 Å². The molecule has 1 aliphatic carbocycles. The first-order valence-corrected chi connectivity index (χ1v) is 11.8. The number of aromatic nitrogens is 2. The van der Waals surface area contributed by atoms with E-state index in [-0.39, 0.29) is 33.4 Å². The number of Topliss-reactive ketones (excluding diaryl/α,β-unsaturated/α-hetero) is 2. The highest BCUT2D eigenvalue weighted by molar-refractivity contribution is 7.92. The van der Waals surface area contributed by atoms with Gasteiger partial charge in [-0.3, -0.25) is 24.7 Å². The van der Waals surface area contributed by atoms with Crippen LogP contribution in [0.4, 0.5) is 17.3 Å². The van der Waals surface area contributed by atoms with Crippen molar-refractivity contribution in [1.29, 1.82) is 0 Å². The fourth-order valence-electron chi connectivity index (χ4n) is 3.88. The van der Waals surface area contributed by atoms with E-state index in [2.05, 4.69) is 19.7 Å². The Morgan fingerprint density at radius 3 is 2.29 bits per heavy atom. The van der Waals surface area contributed by atoms with Crippen molar-refractivity contribution in [2.24, 2.45) is 10.9 Å². The van der Waals surface area contributed by atoms with Gasteiger partial charge in [0.1, 0.15) is 17.3 Å². The van der Waals surface area contributed by atoms with E-state index in [1.807, 2.05) is 0 Å². The summed E-state index contributed by atoms with van der Waals surface area (Å²) in [5.41, 5.74) is 1.20. The number of aryl methyl sites for hydroxylation is 2. The minimum absolute atomic E-state index is 0.0567. The predicted molar refractivity (Wildman–Crippen MR) is 127 cm³/mol. The molecule has 178 valence electrons. The Labute approximate surface area is 200 Å². The Morgan fingerprint density at radius 2 is 1.71 bits per heavy atom. The zero-order valence-corrected chi connectivity index (χ0v) is 19.7. The van der Waals surface area contributed by atoms with Crippen LogP contribution >= 0.6 is 0 Å². The molecule has 0 unspecified atom stereocenters. The zero-order valence-electron chi connectivity index (χ0n) is 18.8. The first-order valence-electron chi connectivity index (χ1n) is 10.3. The van der Waals surface area contributed by atoms with E-state index in [0.717, 1.165) is 0 Å². The van der Waals surface area contributed by atoms with Crippen LogP contribution in [0.25, 0.3) is 0 Å². The number of hydrogen-bond donors (Lipinski definition) is 1. The molecule has 12 heteroatoms. The van der Waals surface area contributed by atoms with Gasteiger partial charge in [0, 0.05) is 23.0 Å². The molecule has 0 saturated carbocycles. The highest BCUT2D eigenvalue weighted by Crippen LogP contribution is 2.36. The van der Waals surface area contributed by atoms with E-state index in [1.54, 1.807) is 19.9 Å². The van der Waals surface area contributed by atoms with Crippen LogP contribution in [-0.4, -0.2) is 40.6 Å². The molecule has 11 nitrogen and oxygen atoms in total. The number of benzene rings is 2. The predicted octanol–water partition coefficient (Wildman–Crippen LogP) is 3.32. The van der Waals surface area contributed by atoms with E-state index in [0.29, 0.717) is 11.4 Å². The molecule has 0 aliphatic heterocycles. The monoisotopic (exact) mass is 493 g/mol. The molecule has 1 aliphatic rings. The van der Waals surface area contributed by atoms with Crippen LogP contribution in [0.2, 0.25) is 0 Å². The van der Waals surface area contributed by atoms with Crippen molar-refractivity contribution < 1.29 is 22.9 Å². The normalized spacial score (nSPS) is 16.3. The average molecular weight is 494 g/mol. The SMILES string of the molecule is CC(=O)[C@H]1C(=O)c2c(cccc2[N+](=O)[O-])C1=Nc1ccc(S(=O)(=O)Nc2nc(C)cc(C)n2)cc1. The van der Waals surface area contributed by atoms with Crippen LogP contribution in [0, 0.1) is 29.9 Å². The second-order valence-electron chi connectivity index (χ2n) is 7.94. The molecule has 1 aromatic heterocycles. The van der Waals surface area contributed by atoms with Gasteiger partial charge in [0.15, 0.2) is 5.78 Å². The van der Waals surface area contributed by atoms with Crippen molar-refractivity contribution in [3.8, 4) is 0 Å². The Hall–Kier alpha value is -4.32. The number of rotatable bonds is 6. The molecule has 1 atom stereocenters. The van der Waals surface area contributed by atoms with Crippen LogP contribution in [0.15, 0.2) is 58.4 Å². The van der Waals surface area contributed by atoms with E-state index in [4.69, 9.17) is 0 Å². The Balaban J connectivity index is 1.70. The Morgan fingerprint density at radius 1 is 1.09 bits per heavy atom. The molecule has 0 saturated heterocycles. The summed E-state index contributed by atoms with van der Waals surface area (Å²) in [5, 5.41) is 11.4. The van der Waals surface area contributed by atoms with Gasteiger partial charge in [0.25, 0.3) is 15.7 Å². The summed E-state index contributed by atoms with van der Waals surface area (Å²) in [6.45, 7) is 4.65. The Kier molecular flexibility index (Phi) is 5.99. The number of carbonyl (C=O) groups is 2. The third kappa shape index (κ3) is 4.55. The fraction of sp³-hybridized carbons (Fsp3) is 0.174. The number of aliphatic imine (C=N–C) groups is 1. The number of nitro groups is 1. The summed E-state index contributed by atoms with van der Waals surface area (Å²) in [5.74, 6) is -2.52. The van der Waals surface area contributed by atoms with Crippen LogP contribution in [-0.2, 0) is 14.8 Å². The number of nitro benzene ring substituents is 1. The molecular formula is C23H19N5O6S. The van der Waals surface area contributed by atoms with Gasteiger partial charge in [-0.05, 0) is 51.1 Å². The summed E-state index contributed by atoms with van der Waals surface area (Å²) in [6, 6.07) is 11.2. The lowest BCUT2D eigenvalue weighted by molar-refractivity contribution is -0.385. The minimum Gasteiger partial charge on any atom is -0.299 e. The molecule has 0 fully saturated rings. The van der Waals surface area contributed by atoms with E-state index in [9.17, 15) is 28.1 Å².